The molecule has 4 aromatic rings. The minimum absolute atomic E-state index is 0.350. The maximum absolute atomic E-state index is 15.5. The molecule has 1 unspecified atom stereocenters. The Morgan fingerprint density at radius 3 is 2.57 bits per heavy atom. The maximum Gasteiger partial charge on any atom is 0.298 e. The standard InChI is InChI=1S/C19H13F4N5/c20-13-6-7-14(16(21)9-13)15(10-28-11-24-26-27-28)19(22,23)18-8-5-12-3-1-2-4-17(12)25-18/h1-9,11,15H,10H2. The lowest BCUT2D eigenvalue weighted by Crippen LogP contribution is -2.30. The van der Waals surface area contributed by atoms with Crippen molar-refractivity contribution in [3.05, 3.63) is 83.8 Å². The highest BCUT2D eigenvalue weighted by molar-refractivity contribution is 5.78. The van der Waals surface area contributed by atoms with Gasteiger partial charge in [-0.25, -0.2) is 18.4 Å². The van der Waals surface area contributed by atoms with E-state index in [4.69, 9.17) is 0 Å². The van der Waals surface area contributed by atoms with Crippen LogP contribution < -0.4 is 0 Å². The van der Waals surface area contributed by atoms with Crippen LogP contribution in [0.4, 0.5) is 17.6 Å². The third kappa shape index (κ3) is 3.30. The van der Waals surface area contributed by atoms with Crippen molar-refractivity contribution < 1.29 is 17.6 Å². The van der Waals surface area contributed by atoms with Gasteiger partial charge >= 0.3 is 0 Å². The number of aromatic nitrogens is 5. The Labute approximate surface area is 156 Å². The molecule has 142 valence electrons. The van der Waals surface area contributed by atoms with Crippen molar-refractivity contribution in [3.8, 4) is 0 Å². The van der Waals surface area contributed by atoms with Gasteiger partial charge in [-0.15, -0.1) is 5.10 Å². The van der Waals surface area contributed by atoms with Crippen molar-refractivity contribution in [2.24, 2.45) is 0 Å². The first-order valence-corrected chi connectivity index (χ1v) is 8.35. The van der Waals surface area contributed by atoms with Gasteiger partial charge in [0.15, 0.2) is 0 Å². The van der Waals surface area contributed by atoms with Gasteiger partial charge in [0.1, 0.15) is 23.7 Å². The second kappa shape index (κ2) is 6.99. The highest BCUT2D eigenvalue weighted by atomic mass is 19.3. The predicted octanol–water partition coefficient (Wildman–Crippen LogP) is 4.08. The zero-order valence-electron chi connectivity index (χ0n) is 14.3. The van der Waals surface area contributed by atoms with Gasteiger partial charge in [-0.3, -0.25) is 0 Å². The summed E-state index contributed by atoms with van der Waals surface area (Å²) >= 11 is 0. The van der Waals surface area contributed by atoms with Crippen LogP contribution in [0.25, 0.3) is 10.9 Å². The number of alkyl halides is 2. The molecule has 0 saturated carbocycles. The highest BCUT2D eigenvalue weighted by Gasteiger charge is 2.45. The Kier molecular flexibility index (Phi) is 4.50. The third-order valence-electron chi connectivity index (χ3n) is 4.48. The molecule has 2 heterocycles. The summed E-state index contributed by atoms with van der Waals surface area (Å²) in [5.74, 6) is -7.20. The molecule has 0 N–H and O–H groups in total. The summed E-state index contributed by atoms with van der Waals surface area (Å²) in [6.07, 6.45) is 1.15. The molecule has 9 heteroatoms. The molecule has 0 aliphatic heterocycles. The molecule has 0 bridgehead atoms. The van der Waals surface area contributed by atoms with Crippen molar-refractivity contribution in [2.75, 3.05) is 0 Å². The molecule has 0 fully saturated rings. The van der Waals surface area contributed by atoms with Crippen LogP contribution in [-0.2, 0) is 12.5 Å². The fraction of sp³-hybridized carbons (Fsp3) is 0.158. The van der Waals surface area contributed by atoms with Crippen LogP contribution in [0.5, 0.6) is 0 Å². The minimum atomic E-state index is -3.57. The topological polar surface area (TPSA) is 56.5 Å². The van der Waals surface area contributed by atoms with Crippen LogP contribution >= 0.6 is 0 Å². The normalized spacial score (nSPS) is 13.0. The van der Waals surface area contributed by atoms with Gasteiger partial charge in [0, 0.05) is 11.5 Å². The molecule has 28 heavy (non-hydrogen) atoms. The summed E-state index contributed by atoms with van der Waals surface area (Å²) in [6.45, 7) is -0.420. The Hall–Kier alpha value is -3.36. The van der Waals surface area contributed by atoms with E-state index in [0.717, 1.165) is 23.1 Å². The van der Waals surface area contributed by atoms with Gasteiger partial charge in [-0.1, -0.05) is 30.3 Å². The Balaban J connectivity index is 1.82. The lowest BCUT2D eigenvalue weighted by Gasteiger charge is -2.27. The SMILES string of the molecule is Fc1ccc(C(Cn2cnnn2)C(F)(F)c2ccc3ccccc3n2)c(F)c1. The molecular weight excluding hydrogens is 374 g/mol. The molecule has 5 nitrogen and oxygen atoms in total. The zero-order valence-corrected chi connectivity index (χ0v) is 14.3. The number of pyridine rings is 1. The molecule has 0 spiro atoms. The smallest absolute Gasteiger partial charge is 0.246 e. The van der Waals surface area contributed by atoms with E-state index in [1.54, 1.807) is 24.3 Å². The summed E-state index contributed by atoms with van der Waals surface area (Å²) in [7, 11) is 0. The number of benzene rings is 2. The van der Waals surface area contributed by atoms with Gasteiger partial charge in [0.25, 0.3) is 5.92 Å². The average Bonchev–Trinajstić information content (AvgIpc) is 3.19. The summed E-state index contributed by atoms with van der Waals surface area (Å²) in [5, 5.41) is 11.1. The Bertz CT molecular complexity index is 1110. The fourth-order valence-corrected chi connectivity index (χ4v) is 3.07. The van der Waals surface area contributed by atoms with Crippen molar-refractivity contribution >= 4 is 10.9 Å². The highest BCUT2D eigenvalue weighted by Crippen LogP contribution is 2.43. The number of rotatable bonds is 5. The van der Waals surface area contributed by atoms with Crippen LogP contribution in [0.3, 0.4) is 0 Å². The number of nitrogens with zero attached hydrogens (tertiary/aromatic N) is 5. The second-order valence-electron chi connectivity index (χ2n) is 6.26. The van der Waals surface area contributed by atoms with Gasteiger partial charge in [-0.05, 0) is 34.2 Å². The number of fused-ring (bicyclic) bond motifs is 1. The van der Waals surface area contributed by atoms with Crippen LogP contribution in [0.2, 0.25) is 0 Å². The molecule has 0 aliphatic rings. The van der Waals surface area contributed by atoms with Gasteiger partial charge < -0.3 is 0 Å². The predicted molar refractivity (Wildman–Crippen MR) is 92.6 cm³/mol. The van der Waals surface area contributed by atoms with Crippen molar-refractivity contribution in [2.45, 2.75) is 18.4 Å². The van der Waals surface area contributed by atoms with E-state index in [2.05, 4.69) is 20.5 Å². The number of hydrogen-bond donors (Lipinski definition) is 0. The van der Waals surface area contributed by atoms with Crippen LogP contribution in [-0.4, -0.2) is 25.2 Å². The maximum atomic E-state index is 15.5. The number of halogens is 4. The molecule has 1 atom stereocenters. The van der Waals surface area contributed by atoms with Gasteiger partial charge in [-0.2, -0.15) is 8.78 Å². The van der Waals surface area contributed by atoms with Crippen LogP contribution in [0, 0.1) is 11.6 Å². The first-order valence-electron chi connectivity index (χ1n) is 8.35. The summed E-state index contributed by atoms with van der Waals surface area (Å²) < 4.78 is 59.8. The van der Waals surface area contributed by atoms with E-state index >= 15 is 8.78 Å². The summed E-state index contributed by atoms with van der Waals surface area (Å²) in [5.41, 5.74) is -0.481. The lowest BCUT2D eigenvalue weighted by atomic mass is 9.89. The molecule has 0 amide bonds. The molecule has 2 aromatic heterocycles. The largest absolute Gasteiger partial charge is 0.298 e. The van der Waals surface area contributed by atoms with E-state index in [9.17, 15) is 8.78 Å². The molecule has 0 saturated heterocycles. The Morgan fingerprint density at radius 1 is 1.00 bits per heavy atom. The monoisotopic (exact) mass is 387 g/mol. The molecular formula is C19H13F4N5. The first kappa shape index (κ1) is 18.0. The number of para-hydroxylation sites is 1. The molecule has 4 rings (SSSR count). The lowest BCUT2D eigenvalue weighted by molar-refractivity contribution is -0.0452. The van der Waals surface area contributed by atoms with Crippen molar-refractivity contribution in [1.82, 2.24) is 25.2 Å². The van der Waals surface area contributed by atoms with E-state index in [1.165, 1.54) is 12.1 Å². The third-order valence-corrected chi connectivity index (χ3v) is 4.48. The van der Waals surface area contributed by atoms with Crippen molar-refractivity contribution in [3.63, 3.8) is 0 Å². The molecule has 2 aromatic carbocycles. The fourth-order valence-electron chi connectivity index (χ4n) is 3.07. The average molecular weight is 387 g/mol. The first-order chi connectivity index (χ1) is 13.4. The van der Waals surface area contributed by atoms with E-state index in [-0.39, 0.29) is 5.56 Å². The summed E-state index contributed by atoms with van der Waals surface area (Å²) in [4.78, 5) is 4.06. The van der Waals surface area contributed by atoms with Gasteiger partial charge in [0.2, 0.25) is 0 Å². The number of hydrogen-bond acceptors (Lipinski definition) is 4. The quantitative estimate of drug-likeness (QED) is 0.485. The van der Waals surface area contributed by atoms with Gasteiger partial charge in [0.05, 0.1) is 18.0 Å². The van der Waals surface area contributed by atoms with E-state index < -0.39 is 35.7 Å². The van der Waals surface area contributed by atoms with Crippen LogP contribution in [0.15, 0.2) is 60.9 Å². The van der Waals surface area contributed by atoms with Crippen LogP contribution in [0.1, 0.15) is 17.2 Å². The minimum Gasteiger partial charge on any atom is -0.246 e. The van der Waals surface area contributed by atoms with Crippen molar-refractivity contribution in [1.29, 1.82) is 0 Å². The number of tetrazole rings is 1. The second-order valence-corrected chi connectivity index (χ2v) is 6.26. The molecule has 0 aliphatic carbocycles. The zero-order chi connectivity index (χ0) is 19.7. The Morgan fingerprint density at radius 2 is 1.82 bits per heavy atom. The molecule has 0 radical (unpaired) electrons. The summed E-state index contributed by atoms with van der Waals surface area (Å²) in [6, 6.07) is 12.1. The van der Waals surface area contributed by atoms with E-state index in [1.807, 2.05) is 0 Å². The van der Waals surface area contributed by atoms with E-state index in [0.29, 0.717) is 17.0 Å².